The topological polar surface area (TPSA) is 62.7 Å². The summed E-state index contributed by atoms with van der Waals surface area (Å²) in [6, 6.07) is 6.01. The zero-order valence-electron chi connectivity index (χ0n) is 24.1. The van der Waals surface area contributed by atoms with Crippen molar-refractivity contribution >= 4 is 8.32 Å². The lowest BCUT2D eigenvalue weighted by Gasteiger charge is -2.36. The number of benzene rings is 1. The van der Waals surface area contributed by atoms with Crippen LogP contribution < -0.4 is 9.16 Å². The maximum absolute atomic E-state index is 14.0. The van der Waals surface area contributed by atoms with Gasteiger partial charge >= 0.3 is 48.8 Å². The van der Waals surface area contributed by atoms with E-state index >= 15 is 0 Å². The predicted octanol–water partition coefficient (Wildman–Crippen LogP) is 9.44. The van der Waals surface area contributed by atoms with Crippen molar-refractivity contribution in [2.45, 2.75) is 87.7 Å². The number of nitrogens with zero attached hydrogens (tertiary/aromatic N) is 2. The molecule has 6 nitrogen and oxygen atoms in total. The molecule has 23 heteroatoms. The van der Waals surface area contributed by atoms with Crippen LogP contribution in [0.25, 0.3) is 11.4 Å². The van der Waals surface area contributed by atoms with Crippen molar-refractivity contribution in [2.75, 3.05) is 0 Å². The summed E-state index contributed by atoms with van der Waals surface area (Å²) in [4.78, 5) is 7.27. The van der Waals surface area contributed by atoms with Crippen LogP contribution in [0.5, 0.6) is 11.5 Å². The zero-order valence-corrected chi connectivity index (χ0v) is 25.1. The maximum Gasteiger partial charge on any atom is 0.460 e. The van der Waals surface area contributed by atoms with E-state index < -0.39 is 62.9 Å². The molecule has 0 radical (unpaired) electrons. The van der Waals surface area contributed by atoms with Gasteiger partial charge in [-0.25, -0.2) is 19.4 Å². The van der Waals surface area contributed by atoms with Gasteiger partial charge in [-0.1, -0.05) is 20.8 Å². The molecule has 1 aromatic carbocycles. The molecule has 0 aliphatic rings. The number of alkyl halides is 16. The molecule has 0 aliphatic carbocycles. The molecule has 1 heterocycles. The normalized spacial score (nSPS) is 15.4. The number of ether oxygens (including phenoxy) is 3. The minimum absolute atomic E-state index is 0.141. The number of aromatic nitrogens is 2. The second kappa shape index (κ2) is 12.4. The van der Waals surface area contributed by atoms with Crippen LogP contribution in [0.15, 0.2) is 36.7 Å². The predicted molar refractivity (Wildman–Crippen MR) is 129 cm³/mol. The highest BCUT2D eigenvalue weighted by Gasteiger charge is 2.85. The first-order chi connectivity index (χ1) is 20.7. The minimum atomic E-state index is -8.02. The van der Waals surface area contributed by atoms with E-state index in [1.54, 1.807) is 0 Å². The van der Waals surface area contributed by atoms with E-state index in [1.807, 2.05) is 33.9 Å². The van der Waals surface area contributed by atoms with Gasteiger partial charge in [0.05, 0.1) is 12.4 Å². The molecular formula is C24H22F16N2O4Si. The standard InChI is InChI=1S/C24H22F16N2O4Si/c1-17(2,3)47(4,5)44-13-8-6-12(7-9-13)15-41-10-14(11-42-15)43-16(25)18(26,27)45-23(37,38)24(39,40)46-22(35,36)20(30,31)19(28,29)21(32,33)34/h6-11,16H,1-5H3. The van der Waals surface area contributed by atoms with Gasteiger partial charge in [-0.15, -0.1) is 0 Å². The first-order valence-electron chi connectivity index (χ1n) is 12.4. The van der Waals surface area contributed by atoms with Gasteiger partial charge in [0.15, 0.2) is 11.6 Å². The molecule has 1 atom stereocenters. The molecule has 47 heavy (non-hydrogen) atoms. The first-order valence-corrected chi connectivity index (χ1v) is 15.3. The molecule has 1 aromatic heterocycles. The van der Waals surface area contributed by atoms with Crippen molar-refractivity contribution < 1.29 is 88.9 Å². The van der Waals surface area contributed by atoms with Crippen molar-refractivity contribution in [1.82, 2.24) is 9.97 Å². The summed E-state index contributed by atoms with van der Waals surface area (Å²) < 4.78 is 224. The van der Waals surface area contributed by atoms with Gasteiger partial charge in [0.1, 0.15) is 5.75 Å². The number of hydrogen-bond acceptors (Lipinski definition) is 6. The largest absolute Gasteiger partial charge is 0.544 e. The number of hydrogen-bond donors (Lipinski definition) is 0. The zero-order chi connectivity index (χ0) is 36.9. The highest BCUT2D eigenvalue weighted by Crippen LogP contribution is 2.56. The fourth-order valence-corrected chi connectivity index (χ4v) is 3.79. The summed E-state index contributed by atoms with van der Waals surface area (Å²) in [6.07, 6.45) is -40.1. The monoisotopic (exact) mass is 734 g/mol. The SMILES string of the molecule is CC(C)(C)[Si](C)(C)Oc1ccc(-c2ncc(OC(F)C(F)(F)OC(F)(F)C(F)(F)OC(F)(F)C(F)(F)C(F)(F)C(F)(F)F)cn2)cc1. The third-order valence-electron chi connectivity index (χ3n) is 6.40. The number of rotatable bonds is 13. The average Bonchev–Trinajstić information content (AvgIpc) is 2.86. The van der Waals surface area contributed by atoms with Crippen molar-refractivity contribution in [3.8, 4) is 22.9 Å². The molecule has 2 aromatic rings. The summed E-state index contributed by atoms with van der Waals surface area (Å²) in [7, 11) is -2.22. The van der Waals surface area contributed by atoms with Crippen LogP contribution in [0.4, 0.5) is 70.2 Å². The third kappa shape index (κ3) is 8.32. The summed E-state index contributed by atoms with van der Waals surface area (Å²) >= 11 is 0. The summed E-state index contributed by atoms with van der Waals surface area (Å²) in [6.45, 7) is 9.93. The van der Waals surface area contributed by atoms with Crippen LogP contribution in [0.2, 0.25) is 18.1 Å². The molecule has 0 saturated heterocycles. The lowest BCUT2D eigenvalue weighted by atomic mass is 10.1. The van der Waals surface area contributed by atoms with Crippen molar-refractivity contribution in [3.63, 3.8) is 0 Å². The Labute approximate surface area is 255 Å². The van der Waals surface area contributed by atoms with E-state index in [9.17, 15) is 70.2 Å². The van der Waals surface area contributed by atoms with Gasteiger partial charge < -0.3 is 9.16 Å². The second-order valence-electron chi connectivity index (χ2n) is 11.0. The molecule has 0 bridgehead atoms. The Balaban J connectivity index is 2.16. The average molecular weight is 735 g/mol. The Morgan fingerprint density at radius 1 is 0.617 bits per heavy atom. The highest BCUT2D eigenvalue weighted by molar-refractivity contribution is 6.74. The minimum Gasteiger partial charge on any atom is -0.544 e. The number of halogens is 16. The van der Waals surface area contributed by atoms with Crippen molar-refractivity contribution in [1.29, 1.82) is 0 Å². The Kier molecular flexibility index (Phi) is 10.6. The first kappa shape index (κ1) is 40.1. The van der Waals surface area contributed by atoms with E-state index in [0.29, 0.717) is 18.1 Å². The van der Waals surface area contributed by atoms with E-state index in [0.717, 1.165) is 0 Å². The van der Waals surface area contributed by atoms with Gasteiger partial charge in [-0.3, -0.25) is 0 Å². The smallest absolute Gasteiger partial charge is 0.460 e. The molecule has 0 spiro atoms. The summed E-state index contributed by atoms with van der Waals surface area (Å²) in [5, 5.41) is -0.141. The molecule has 0 N–H and O–H groups in total. The van der Waals surface area contributed by atoms with Crippen molar-refractivity contribution in [2.24, 2.45) is 0 Å². The Morgan fingerprint density at radius 2 is 1.06 bits per heavy atom. The van der Waals surface area contributed by atoms with Crippen LogP contribution in [-0.4, -0.2) is 67.1 Å². The molecule has 0 saturated carbocycles. The van der Waals surface area contributed by atoms with Crippen molar-refractivity contribution in [3.05, 3.63) is 36.7 Å². The van der Waals surface area contributed by atoms with Crippen LogP contribution in [0.3, 0.4) is 0 Å². The lowest BCUT2D eigenvalue weighted by molar-refractivity contribution is -0.547. The summed E-state index contributed by atoms with van der Waals surface area (Å²) in [5.41, 5.74) is 0.279. The van der Waals surface area contributed by atoms with Gasteiger partial charge in [-0.05, 0) is 42.4 Å². The Bertz CT molecular complexity index is 1370. The van der Waals surface area contributed by atoms with E-state index in [4.69, 9.17) is 4.43 Å². The molecular weight excluding hydrogens is 712 g/mol. The van der Waals surface area contributed by atoms with E-state index in [-0.39, 0.29) is 16.4 Å². The van der Waals surface area contributed by atoms with Crippen LogP contribution in [0, 0.1) is 0 Å². The van der Waals surface area contributed by atoms with Crippen LogP contribution >= 0.6 is 0 Å². The molecule has 0 fully saturated rings. The quantitative estimate of drug-likeness (QED) is 0.151. The fraction of sp³-hybridized carbons (Fsp3) is 0.583. The van der Waals surface area contributed by atoms with E-state index in [2.05, 4.69) is 19.4 Å². The van der Waals surface area contributed by atoms with Crippen LogP contribution in [-0.2, 0) is 9.47 Å². The van der Waals surface area contributed by atoms with Crippen LogP contribution in [0.1, 0.15) is 20.8 Å². The van der Waals surface area contributed by atoms with Gasteiger partial charge in [0, 0.05) is 5.56 Å². The molecule has 1 unspecified atom stereocenters. The highest BCUT2D eigenvalue weighted by atomic mass is 28.4. The molecule has 2 rings (SSSR count). The second-order valence-corrected chi connectivity index (χ2v) is 15.8. The molecule has 0 aliphatic heterocycles. The molecule has 268 valence electrons. The fourth-order valence-electron chi connectivity index (χ4n) is 2.76. The maximum atomic E-state index is 14.0. The van der Waals surface area contributed by atoms with Gasteiger partial charge in [-0.2, -0.15) is 70.2 Å². The Hall–Kier alpha value is -3.08. The van der Waals surface area contributed by atoms with Gasteiger partial charge in [0.2, 0.25) is 8.32 Å². The van der Waals surface area contributed by atoms with E-state index in [1.165, 1.54) is 29.0 Å². The molecule has 0 amide bonds. The third-order valence-corrected chi connectivity index (χ3v) is 10.8. The van der Waals surface area contributed by atoms with Gasteiger partial charge in [0.25, 0.3) is 0 Å². The summed E-state index contributed by atoms with van der Waals surface area (Å²) in [5.74, 6) is -16.7. The lowest BCUT2D eigenvalue weighted by Crippen LogP contribution is -2.64. The Morgan fingerprint density at radius 3 is 1.49 bits per heavy atom.